The standard InChI is InChI=1S/C11H18ClN3/c1-3-4-5-6-15(2)11-9-13-10(7-12)8-14-11/h8-9H,3-7H2,1-2H3. The number of halogens is 1. The van der Waals surface area contributed by atoms with Crippen molar-refractivity contribution in [3.63, 3.8) is 0 Å². The van der Waals surface area contributed by atoms with Crippen molar-refractivity contribution in [3.8, 4) is 0 Å². The number of alkyl halides is 1. The summed E-state index contributed by atoms with van der Waals surface area (Å²) in [5.74, 6) is 1.34. The molecule has 0 N–H and O–H groups in total. The molecule has 15 heavy (non-hydrogen) atoms. The SMILES string of the molecule is CCCCCN(C)c1cnc(CCl)cn1. The number of hydrogen-bond donors (Lipinski definition) is 0. The van der Waals surface area contributed by atoms with Gasteiger partial charge in [-0.05, 0) is 6.42 Å². The lowest BCUT2D eigenvalue weighted by atomic mass is 10.2. The summed E-state index contributed by atoms with van der Waals surface area (Å²) in [6.07, 6.45) is 7.22. The lowest BCUT2D eigenvalue weighted by Gasteiger charge is -2.17. The maximum Gasteiger partial charge on any atom is 0.146 e. The third-order valence-corrected chi connectivity index (χ3v) is 2.59. The van der Waals surface area contributed by atoms with Gasteiger partial charge >= 0.3 is 0 Å². The van der Waals surface area contributed by atoms with Crippen molar-refractivity contribution in [3.05, 3.63) is 18.1 Å². The van der Waals surface area contributed by atoms with Crippen LogP contribution in [0.4, 0.5) is 5.82 Å². The second-order valence-corrected chi connectivity index (χ2v) is 3.90. The molecule has 0 radical (unpaired) electrons. The van der Waals surface area contributed by atoms with Crippen LogP contribution in [0.2, 0.25) is 0 Å². The molecule has 0 amide bonds. The molecule has 0 saturated carbocycles. The molecule has 1 aromatic heterocycles. The first-order chi connectivity index (χ1) is 7.27. The summed E-state index contributed by atoms with van der Waals surface area (Å²) in [6, 6.07) is 0. The third-order valence-electron chi connectivity index (χ3n) is 2.32. The van der Waals surface area contributed by atoms with E-state index in [4.69, 9.17) is 11.6 Å². The summed E-state index contributed by atoms with van der Waals surface area (Å²) in [5, 5.41) is 0. The molecular weight excluding hydrogens is 210 g/mol. The second-order valence-electron chi connectivity index (χ2n) is 3.63. The molecule has 0 saturated heterocycles. The number of anilines is 1. The van der Waals surface area contributed by atoms with Gasteiger partial charge in [-0.25, -0.2) is 4.98 Å². The Kier molecular flexibility index (Phi) is 5.40. The highest BCUT2D eigenvalue weighted by molar-refractivity contribution is 6.16. The van der Waals surface area contributed by atoms with E-state index in [0.29, 0.717) is 5.88 Å². The van der Waals surface area contributed by atoms with Crippen LogP contribution >= 0.6 is 11.6 Å². The summed E-state index contributed by atoms with van der Waals surface area (Å²) in [7, 11) is 2.04. The average molecular weight is 228 g/mol. The minimum absolute atomic E-state index is 0.423. The van der Waals surface area contributed by atoms with Crippen molar-refractivity contribution in [1.29, 1.82) is 0 Å². The molecule has 0 aliphatic carbocycles. The van der Waals surface area contributed by atoms with E-state index in [1.807, 2.05) is 7.05 Å². The van der Waals surface area contributed by atoms with Gasteiger partial charge in [0.25, 0.3) is 0 Å². The lowest BCUT2D eigenvalue weighted by molar-refractivity contribution is 0.700. The van der Waals surface area contributed by atoms with Crippen molar-refractivity contribution in [2.45, 2.75) is 32.1 Å². The molecule has 0 atom stereocenters. The Morgan fingerprint density at radius 2 is 2.07 bits per heavy atom. The van der Waals surface area contributed by atoms with Crippen molar-refractivity contribution in [2.24, 2.45) is 0 Å². The molecule has 4 heteroatoms. The predicted molar refractivity (Wildman–Crippen MR) is 64.4 cm³/mol. The fourth-order valence-corrected chi connectivity index (χ4v) is 1.47. The zero-order valence-corrected chi connectivity index (χ0v) is 10.2. The lowest BCUT2D eigenvalue weighted by Crippen LogP contribution is -2.19. The van der Waals surface area contributed by atoms with Gasteiger partial charge in [0.1, 0.15) is 5.82 Å². The van der Waals surface area contributed by atoms with E-state index in [1.165, 1.54) is 19.3 Å². The van der Waals surface area contributed by atoms with Gasteiger partial charge in [0, 0.05) is 13.6 Å². The quantitative estimate of drug-likeness (QED) is 0.553. The molecule has 0 aliphatic heterocycles. The van der Waals surface area contributed by atoms with Gasteiger partial charge in [-0.3, -0.25) is 4.98 Å². The van der Waals surface area contributed by atoms with Crippen LogP contribution in [0.1, 0.15) is 31.9 Å². The molecule has 0 bridgehead atoms. The Hall–Kier alpha value is -0.830. The van der Waals surface area contributed by atoms with Gasteiger partial charge < -0.3 is 4.90 Å². The monoisotopic (exact) mass is 227 g/mol. The Morgan fingerprint density at radius 3 is 2.60 bits per heavy atom. The highest BCUT2D eigenvalue weighted by Crippen LogP contribution is 2.09. The van der Waals surface area contributed by atoms with Crippen LogP contribution in [0.25, 0.3) is 0 Å². The van der Waals surface area contributed by atoms with Crippen LogP contribution < -0.4 is 4.90 Å². The minimum atomic E-state index is 0.423. The third kappa shape index (κ3) is 4.04. The van der Waals surface area contributed by atoms with Crippen LogP contribution in [0.15, 0.2) is 12.4 Å². The zero-order valence-electron chi connectivity index (χ0n) is 9.41. The summed E-state index contributed by atoms with van der Waals surface area (Å²) in [5.41, 5.74) is 0.822. The molecule has 3 nitrogen and oxygen atoms in total. The first kappa shape index (κ1) is 12.2. The molecule has 0 aliphatic rings. The first-order valence-electron chi connectivity index (χ1n) is 5.36. The average Bonchev–Trinajstić information content (AvgIpc) is 2.29. The van der Waals surface area contributed by atoms with Crippen molar-refractivity contribution in [1.82, 2.24) is 9.97 Å². The van der Waals surface area contributed by atoms with E-state index in [0.717, 1.165) is 18.1 Å². The maximum absolute atomic E-state index is 5.65. The van der Waals surface area contributed by atoms with Gasteiger partial charge in [-0.2, -0.15) is 0 Å². The van der Waals surface area contributed by atoms with Gasteiger partial charge in [-0.1, -0.05) is 19.8 Å². The molecule has 0 aromatic carbocycles. The fraction of sp³-hybridized carbons (Fsp3) is 0.636. The fourth-order valence-electron chi connectivity index (χ4n) is 1.33. The van der Waals surface area contributed by atoms with Crippen LogP contribution in [0.5, 0.6) is 0 Å². The number of unbranched alkanes of at least 4 members (excludes halogenated alkanes) is 2. The molecule has 1 aromatic rings. The van der Waals surface area contributed by atoms with Gasteiger partial charge in [0.05, 0.1) is 24.0 Å². The van der Waals surface area contributed by atoms with Gasteiger partial charge in [0.2, 0.25) is 0 Å². The highest BCUT2D eigenvalue weighted by Gasteiger charge is 2.02. The first-order valence-corrected chi connectivity index (χ1v) is 5.89. The maximum atomic E-state index is 5.65. The smallest absolute Gasteiger partial charge is 0.146 e. The minimum Gasteiger partial charge on any atom is -0.358 e. The van der Waals surface area contributed by atoms with E-state index in [9.17, 15) is 0 Å². The summed E-state index contributed by atoms with van der Waals surface area (Å²) in [6.45, 7) is 3.23. The summed E-state index contributed by atoms with van der Waals surface area (Å²) < 4.78 is 0. The Morgan fingerprint density at radius 1 is 1.27 bits per heavy atom. The number of aromatic nitrogens is 2. The highest BCUT2D eigenvalue weighted by atomic mass is 35.5. The van der Waals surface area contributed by atoms with Gasteiger partial charge in [0.15, 0.2) is 0 Å². The Labute approximate surface area is 96.5 Å². The Bertz CT molecular complexity index is 274. The largest absolute Gasteiger partial charge is 0.358 e. The predicted octanol–water partition coefficient (Wildman–Crippen LogP) is 2.84. The van der Waals surface area contributed by atoms with E-state index in [-0.39, 0.29) is 0 Å². The van der Waals surface area contributed by atoms with E-state index < -0.39 is 0 Å². The topological polar surface area (TPSA) is 29.0 Å². The summed E-state index contributed by atoms with van der Waals surface area (Å²) >= 11 is 5.65. The molecule has 0 unspecified atom stereocenters. The molecule has 0 spiro atoms. The van der Waals surface area contributed by atoms with Gasteiger partial charge in [-0.15, -0.1) is 11.6 Å². The van der Waals surface area contributed by atoms with Crippen molar-refractivity contribution in [2.75, 3.05) is 18.5 Å². The molecular formula is C11H18ClN3. The van der Waals surface area contributed by atoms with Crippen LogP contribution in [0.3, 0.4) is 0 Å². The molecule has 1 heterocycles. The van der Waals surface area contributed by atoms with Crippen LogP contribution in [-0.2, 0) is 5.88 Å². The normalized spacial score (nSPS) is 10.3. The van der Waals surface area contributed by atoms with E-state index in [1.54, 1.807) is 12.4 Å². The van der Waals surface area contributed by atoms with E-state index in [2.05, 4.69) is 21.8 Å². The molecule has 1 rings (SSSR count). The zero-order chi connectivity index (χ0) is 11.1. The number of hydrogen-bond acceptors (Lipinski definition) is 3. The Balaban J connectivity index is 2.46. The summed E-state index contributed by atoms with van der Waals surface area (Å²) in [4.78, 5) is 10.6. The van der Waals surface area contributed by atoms with Crippen molar-refractivity contribution >= 4 is 17.4 Å². The number of nitrogens with zero attached hydrogens (tertiary/aromatic N) is 3. The van der Waals surface area contributed by atoms with Crippen LogP contribution in [0, 0.1) is 0 Å². The second kappa shape index (κ2) is 6.62. The number of rotatable bonds is 6. The van der Waals surface area contributed by atoms with Crippen molar-refractivity contribution < 1.29 is 0 Å². The molecule has 84 valence electrons. The van der Waals surface area contributed by atoms with E-state index >= 15 is 0 Å². The molecule has 0 fully saturated rings. The van der Waals surface area contributed by atoms with Crippen LogP contribution in [-0.4, -0.2) is 23.6 Å².